The predicted octanol–water partition coefficient (Wildman–Crippen LogP) is 2.14. The highest BCUT2D eigenvalue weighted by Gasteiger charge is 2.21. The van der Waals surface area contributed by atoms with Gasteiger partial charge in [-0.05, 0) is 37.1 Å². The minimum absolute atomic E-state index is 0.133. The molecule has 0 saturated carbocycles. The van der Waals surface area contributed by atoms with Crippen molar-refractivity contribution < 1.29 is 4.92 Å². The second-order valence-corrected chi connectivity index (χ2v) is 5.62. The van der Waals surface area contributed by atoms with Crippen molar-refractivity contribution in [3.63, 3.8) is 0 Å². The molecule has 1 saturated heterocycles. The Hall–Kier alpha value is -0.980. The van der Waals surface area contributed by atoms with Crippen molar-refractivity contribution in [3.8, 4) is 0 Å². The highest BCUT2D eigenvalue weighted by atomic mass is 79.9. The molecule has 1 fully saturated rings. The van der Waals surface area contributed by atoms with Gasteiger partial charge in [-0.15, -0.1) is 0 Å². The van der Waals surface area contributed by atoms with Crippen LogP contribution in [-0.4, -0.2) is 29.5 Å². The lowest BCUT2D eigenvalue weighted by molar-refractivity contribution is -0.385. The molecule has 6 heteroatoms. The number of halogens is 1. The first-order valence-corrected chi connectivity index (χ1v) is 6.74. The van der Waals surface area contributed by atoms with Crippen LogP contribution in [0.1, 0.15) is 12.0 Å². The number of nitrogens with two attached hydrogens (primary N) is 1. The van der Waals surface area contributed by atoms with E-state index < -0.39 is 0 Å². The van der Waals surface area contributed by atoms with Crippen LogP contribution in [0.5, 0.6) is 0 Å². The SMILES string of the molecule is NCC1CCN(Cc2cc(Br)cc([N+](=O)[O-])c2)C1. The fraction of sp³-hybridized carbons (Fsp3) is 0.500. The highest BCUT2D eigenvalue weighted by Crippen LogP contribution is 2.24. The summed E-state index contributed by atoms with van der Waals surface area (Å²) in [6.07, 6.45) is 1.12. The Kier molecular flexibility index (Phi) is 4.31. The second-order valence-electron chi connectivity index (χ2n) is 4.70. The molecule has 0 bridgehead atoms. The van der Waals surface area contributed by atoms with Crippen molar-refractivity contribution in [3.05, 3.63) is 38.3 Å². The molecule has 1 heterocycles. The number of likely N-dealkylation sites (tertiary alicyclic amines) is 1. The first-order chi connectivity index (χ1) is 8.58. The molecule has 1 aromatic carbocycles. The summed E-state index contributed by atoms with van der Waals surface area (Å²) < 4.78 is 0.751. The molecule has 1 unspecified atom stereocenters. The summed E-state index contributed by atoms with van der Waals surface area (Å²) >= 11 is 3.31. The number of hydrogen-bond donors (Lipinski definition) is 1. The molecule has 0 aromatic heterocycles. The average Bonchev–Trinajstić information content (AvgIpc) is 2.76. The first-order valence-electron chi connectivity index (χ1n) is 5.95. The van der Waals surface area contributed by atoms with E-state index in [0.29, 0.717) is 5.92 Å². The fourth-order valence-corrected chi connectivity index (χ4v) is 2.87. The quantitative estimate of drug-likeness (QED) is 0.682. The second kappa shape index (κ2) is 5.77. The van der Waals surface area contributed by atoms with E-state index in [1.165, 1.54) is 6.07 Å². The molecule has 18 heavy (non-hydrogen) atoms. The Labute approximate surface area is 114 Å². The summed E-state index contributed by atoms with van der Waals surface area (Å²) in [5.74, 6) is 0.562. The molecule has 2 N–H and O–H groups in total. The maximum Gasteiger partial charge on any atom is 0.270 e. The maximum absolute atomic E-state index is 10.8. The van der Waals surface area contributed by atoms with Gasteiger partial charge in [0.25, 0.3) is 5.69 Å². The molecular weight excluding hydrogens is 298 g/mol. The Morgan fingerprint density at radius 2 is 2.28 bits per heavy atom. The summed E-state index contributed by atoms with van der Waals surface area (Å²) in [4.78, 5) is 12.7. The standard InChI is InChI=1S/C12H16BrN3O2/c13-11-3-10(4-12(5-11)16(17)18)8-15-2-1-9(6-14)7-15/h3-5,9H,1-2,6-8,14H2. The summed E-state index contributed by atoms with van der Waals surface area (Å²) in [5, 5.41) is 10.8. The van der Waals surface area contributed by atoms with Crippen LogP contribution in [0.3, 0.4) is 0 Å². The molecule has 0 aliphatic carbocycles. The molecule has 1 aliphatic rings. The van der Waals surface area contributed by atoms with E-state index in [1.807, 2.05) is 6.07 Å². The van der Waals surface area contributed by atoms with E-state index in [2.05, 4.69) is 20.8 Å². The van der Waals surface area contributed by atoms with Crippen LogP contribution in [0.25, 0.3) is 0 Å². The number of nitro groups is 1. The highest BCUT2D eigenvalue weighted by molar-refractivity contribution is 9.10. The molecule has 1 aliphatic heterocycles. The normalized spacial score (nSPS) is 20.2. The van der Waals surface area contributed by atoms with Crippen molar-refractivity contribution in [1.29, 1.82) is 0 Å². The average molecular weight is 314 g/mol. The van der Waals surface area contributed by atoms with Crippen LogP contribution in [-0.2, 0) is 6.54 Å². The summed E-state index contributed by atoms with van der Waals surface area (Å²) in [6, 6.07) is 5.10. The number of nitro benzene ring substituents is 1. The van der Waals surface area contributed by atoms with Gasteiger partial charge in [0.2, 0.25) is 0 Å². The van der Waals surface area contributed by atoms with Crippen molar-refractivity contribution in [1.82, 2.24) is 4.90 Å². The molecular formula is C12H16BrN3O2. The molecule has 1 atom stereocenters. The third-order valence-electron chi connectivity index (χ3n) is 3.26. The minimum atomic E-state index is -0.360. The fourth-order valence-electron chi connectivity index (χ4n) is 2.34. The number of benzene rings is 1. The summed E-state index contributed by atoms with van der Waals surface area (Å²) in [6.45, 7) is 3.46. The van der Waals surface area contributed by atoms with Gasteiger partial charge in [0.1, 0.15) is 0 Å². The van der Waals surface area contributed by atoms with Crippen molar-refractivity contribution in [2.75, 3.05) is 19.6 Å². The molecule has 0 amide bonds. The molecule has 1 aromatic rings. The first kappa shape index (κ1) is 13.5. The van der Waals surface area contributed by atoms with Gasteiger partial charge in [-0.25, -0.2) is 0 Å². The largest absolute Gasteiger partial charge is 0.330 e. The number of hydrogen-bond acceptors (Lipinski definition) is 4. The van der Waals surface area contributed by atoms with Crippen LogP contribution >= 0.6 is 15.9 Å². The molecule has 0 radical (unpaired) electrons. The Balaban J connectivity index is 2.07. The van der Waals surface area contributed by atoms with E-state index >= 15 is 0 Å². The van der Waals surface area contributed by atoms with Crippen LogP contribution in [0, 0.1) is 16.0 Å². The van der Waals surface area contributed by atoms with Gasteiger partial charge in [0.05, 0.1) is 4.92 Å². The van der Waals surface area contributed by atoms with E-state index in [-0.39, 0.29) is 10.6 Å². The van der Waals surface area contributed by atoms with Crippen LogP contribution in [0.2, 0.25) is 0 Å². The lowest BCUT2D eigenvalue weighted by atomic mass is 10.1. The zero-order chi connectivity index (χ0) is 13.1. The molecule has 5 nitrogen and oxygen atoms in total. The van der Waals surface area contributed by atoms with Gasteiger partial charge in [0.15, 0.2) is 0 Å². The topological polar surface area (TPSA) is 72.4 Å². The Morgan fingerprint density at radius 1 is 1.50 bits per heavy atom. The lowest BCUT2D eigenvalue weighted by Crippen LogP contribution is -2.22. The third-order valence-corrected chi connectivity index (χ3v) is 3.72. The lowest BCUT2D eigenvalue weighted by Gasteiger charge is -2.15. The molecule has 2 rings (SSSR count). The van der Waals surface area contributed by atoms with Gasteiger partial charge in [-0.1, -0.05) is 15.9 Å². The molecule has 98 valence electrons. The number of non-ortho nitro benzene ring substituents is 1. The smallest absolute Gasteiger partial charge is 0.270 e. The monoisotopic (exact) mass is 313 g/mol. The van der Waals surface area contributed by atoms with Gasteiger partial charge < -0.3 is 5.73 Å². The number of nitrogens with zero attached hydrogens (tertiary/aromatic N) is 2. The van der Waals surface area contributed by atoms with Crippen LogP contribution in [0.4, 0.5) is 5.69 Å². The maximum atomic E-state index is 10.8. The van der Waals surface area contributed by atoms with Crippen molar-refractivity contribution >= 4 is 21.6 Å². The van der Waals surface area contributed by atoms with Crippen LogP contribution in [0.15, 0.2) is 22.7 Å². The Bertz CT molecular complexity index is 453. The van der Waals surface area contributed by atoms with Gasteiger partial charge in [-0.3, -0.25) is 15.0 Å². The third kappa shape index (κ3) is 3.28. The van der Waals surface area contributed by atoms with E-state index in [0.717, 1.165) is 42.6 Å². The predicted molar refractivity (Wildman–Crippen MR) is 73.2 cm³/mol. The van der Waals surface area contributed by atoms with Crippen molar-refractivity contribution in [2.45, 2.75) is 13.0 Å². The van der Waals surface area contributed by atoms with E-state index in [1.54, 1.807) is 6.07 Å². The minimum Gasteiger partial charge on any atom is -0.330 e. The van der Waals surface area contributed by atoms with Crippen molar-refractivity contribution in [2.24, 2.45) is 11.7 Å². The Morgan fingerprint density at radius 3 is 2.89 bits per heavy atom. The number of rotatable bonds is 4. The zero-order valence-corrected chi connectivity index (χ0v) is 11.6. The van der Waals surface area contributed by atoms with Gasteiger partial charge in [0, 0.05) is 29.7 Å². The summed E-state index contributed by atoms with van der Waals surface area (Å²) in [7, 11) is 0. The summed E-state index contributed by atoms with van der Waals surface area (Å²) in [5.41, 5.74) is 6.75. The van der Waals surface area contributed by atoms with Gasteiger partial charge in [-0.2, -0.15) is 0 Å². The van der Waals surface area contributed by atoms with Crippen LogP contribution < -0.4 is 5.73 Å². The zero-order valence-electron chi connectivity index (χ0n) is 10.0. The van der Waals surface area contributed by atoms with Gasteiger partial charge >= 0.3 is 0 Å². The van der Waals surface area contributed by atoms with E-state index in [9.17, 15) is 10.1 Å². The van der Waals surface area contributed by atoms with E-state index in [4.69, 9.17) is 5.73 Å². The molecule has 0 spiro atoms.